The molecule has 0 aliphatic carbocycles. The van der Waals surface area contributed by atoms with Gasteiger partial charge in [0.1, 0.15) is 12.4 Å². The van der Waals surface area contributed by atoms with Crippen LogP contribution in [0.15, 0.2) is 45.3 Å². The topological polar surface area (TPSA) is 72.5 Å². The Hall–Kier alpha value is -1.53. The lowest BCUT2D eigenvalue weighted by atomic mass is 10.1. The number of benzene rings is 2. The molecule has 0 spiro atoms. The van der Waals surface area contributed by atoms with Crippen LogP contribution in [-0.4, -0.2) is 11.1 Å². The van der Waals surface area contributed by atoms with E-state index >= 15 is 0 Å². The SMILES string of the molecule is Nc1cccc(COc2ccc(Br)cc2Br)c1C(=O)O. The molecule has 0 amide bonds. The number of hydrogen-bond donors (Lipinski definition) is 2. The Morgan fingerprint density at radius 3 is 2.65 bits per heavy atom. The molecule has 3 N–H and O–H groups in total. The lowest BCUT2D eigenvalue weighted by Crippen LogP contribution is -2.09. The molecule has 20 heavy (non-hydrogen) atoms. The largest absolute Gasteiger partial charge is 0.488 e. The highest BCUT2D eigenvalue weighted by atomic mass is 79.9. The summed E-state index contributed by atoms with van der Waals surface area (Å²) in [7, 11) is 0. The molecule has 0 aliphatic rings. The van der Waals surface area contributed by atoms with Crippen molar-refractivity contribution < 1.29 is 14.6 Å². The van der Waals surface area contributed by atoms with Gasteiger partial charge in [-0.1, -0.05) is 28.1 Å². The summed E-state index contributed by atoms with van der Waals surface area (Å²) in [6.07, 6.45) is 0. The minimum absolute atomic E-state index is 0.0840. The average molecular weight is 401 g/mol. The van der Waals surface area contributed by atoms with E-state index in [4.69, 9.17) is 10.5 Å². The molecule has 0 atom stereocenters. The van der Waals surface area contributed by atoms with Gasteiger partial charge in [0.15, 0.2) is 0 Å². The molecule has 2 aromatic carbocycles. The molecule has 0 radical (unpaired) electrons. The highest BCUT2D eigenvalue weighted by molar-refractivity contribution is 9.11. The zero-order valence-electron chi connectivity index (χ0n) is 10.3. The Labute approximate surface area is 132 Å². The number of nitrogens with two attached hydrogens (primary N) is 1. The van der Waals surface area contributed by atoms with Crippen molar-refractivity contribution >= 4 is 43.5 Å². The van der Waals surface area contributed by atoms with Crippen LogP contribution in [0.4, 0.5) is 5.69 Å². The van der Waals surface area contributed by atoms with Gasteiger partial charge < -0.3 is 15.6 Å². The highest BCUT2D eigenvalue weighted by Gasteiger charge is 2.14. The van der Waals surface area contributed by atoms with Gasteiger partial charge in [-0.2, -0.15) is 0 Å². The van der Waals surface area contributed by atoms with Gasteiger partial charge in [-0.05, 0) is 40.2 Å². The Morgan fingerprint density at radius 2 is 2.00 bits per heavy atom. The van der Waals surface area contributed by atoms with E-state index in [0.717, 1.165) is 8.95 Å². The van der Waals surface area contributed by atoms with Crippen LogP contribution >= 0.6 is 31.9 Å². The van der Waals surface area contributed by atoms with Crippen LogP contribution in [0.1, 0.15) is 15.9 Å². The Bertz CT molecular complexity index is 659. The van der Waals surface area contributed by atoms with E-state index in [9.17, 15) is 9.90 Å². The molecule has 6 heteroatoms. The molecular formula is C14H11Br2NO3. The average Bonchev–Trinajstić information content (AvgIpc) is 2.37. The van der Waals surface area contributed by atoms with E-state index in [0.29, 0.717) is 11.3 Å². The van der Waals surface area contributed by atoms with Gasteiger partial charge in [-0.25, -0.2) is 4.79 Å². The lowest BCUT2D eigenvalue weighted by Gasteiger charge is -2.11. The van der Waals surface area contributed by atoms with Crippen LogP contribution in [0.2, 0.25) is 0 Å². The lowest BCUT2D eigenvalue weighted by molar-refractivity contribution is 0.0695. The number of rotatable bonds is 4. The third-order valence-corrected chi connectivity index (χ3v) is 3.79. The maximum atomic E-state index is 11.2. The number of carboxylic acid groups (broad SMARTS) is 1. The first-order valence-corrected chi connectivity index (χ1v) is 7.26. The summed E-state index contributed by atoms with van der Waals surface area (Å²) in [5, 5.41) is 9.18. The second kappa shape index (κ2) is 6.28. The van der Waals surface area contributed by atoms with Crippen molar-refractivity contribution in [3.63, 3.8) is 0 Å². The number of halogens is 2. The zero-order valence-corrected chi connectivity index (χ0v) is 13.4. The maximum Gasteiger partial charge on any atom is 0.338 e. The quantitative estimate of drug-likeness (QED) is 0.758. The second-order valence-corrected chi connectivity index (χ2v) is 5.82. The van der Waals surface area contributed by atoms with Crippen molar-refractivity contribution in [2.24, 2.45) is 0 Å². The predicted molar refractivity (Wildman–Crippen MR) is 84.0 cm³/mol. The molecule has 0 bridgehead atoms. The molecule has 2 rings (SSSR count). The van der Waals surface area contributed by atoms with Gasteiger partial charge >= 0.3 is 5.97 Å². The molecule has 0 aromatic heterocycles. The first-order valence-electron chi connectivity index (χ1n) is 5.67. The van der Waals surface area contributed by atoms with E-state index < -0.39 is 5.97 Å². The number of anilines is 1. The number of ether oxygens (including phenoxy) is 1. The zero-order chi connectivity index (χ0) is 14.7. The van der Waals surface area contributed by atoms with Crippen LogP contribution in [0.3, 0.4) is 0 Å². The van der Waals surface area contributed by atoms with Crippen LogP contribution in [0, 0.1) is 0 Å². The summed E-state index contributed by atoms with van der Waals surface area (Å²) in [5.74, 6) is -0.427. The summed E-state index contributed by atoms with van der Waals surface area (Å²) >= 11 is 6.74. The molecule has 2 aromatic rings. The molecule has 0 saturated carbocycles. The van der Waals surface area contributed by atoms with Crippen molar-refractivity contribution in [3.05, 3.63) is 56.5 Å². The fourth-order valence-corrected chi connectivity index (χ4v) is 2.91. The molecule has 0 saturated heterocycles. The van der Waals surface area contributed by atoms with Crippen molar-refractivity contribution in [1.82, 2.24) is 0 Å². The van der Waals surface area contributed by atoms with E-state index in [1.54, 1.807) is 24.3 Å². The smallest absolute Gasteiger partial charge is 0.338 e. The predicted octanol–water partition coefficient (Wildman–Crippen LogP) is 4.07. The van der Waals surface area contributed by atoms with Crippen LogP contribution in [0.5, 0.6) is 5.75 Å². The minimum atomic E-state index is -1.06. The van der Waals surface area contributed by atoms with Gasteiger partial charge in [0, 0.05) is 15.7 Å². The molecule has 4 nitrogen and oxygen atoms in total. The first-order chi connectivity index (χ1) is 9.49. The number of hydrogen-bond acceptors (Lipinski definition) is 3. The molecule has 0 aliphatic heterocycles. The molecule has 104 valence electrons. The molecular weight excluding hydrogens is 390 g/mol. The second-order valence-electron chi connectivity index (χ2n) is 4.05. The maximum absolute atomic E-state index is 11.2. The summed E-state index contributed by atoms with van der Waals surface area (Å²) in [5.41, 5.74) is 6.54. The fourth-order valence-electron chi connectivity index (χ4n) is 1.75. The van der Waals surface area contributed by atoms with Gasteiger partial charge in [-0.3, -0.25) is 0 Å². The standard InChI is InChI=1S/C14H11Br2NO3/c15-9-4-5-12(10(16)6-9)20-7-8-2-1-3-11(17)13(8)14(18)19/h1-6H,7,17H2,(H,18,19). The Kier molecular flexibility index (Phi) is 4.67. The Morgan fingerprint density at radius 1 is 1.25 bits per heavy atom. The fraction of sp³-hybridized carbons (Fsp3) is 0.0714. The number of carbonyl (C=O) groups is 1. The number of nitrogen functional groups attached to an aromatic ring is 1. The van der Waals surface area contributed by atoms with Crippen LogP contribution in [-0.2, 0) is 6.61 Å². The van der Waals surface area contributed by atoms with Gasteiger partial charge in [-0.15, -0.1) is 0 Å². The molecule has 0 fully saturated rings. The van der Waals surface area contributed by atoms with Crippen molar-refractivity contribution in [2.45, 2.75) is 6.61 Å². The molecule has 0 heterocycles. The van der Waals surface area contributed by atoms with Crippen molar-refractivity contribution in [3.8, 4) is 5.75 Å². The van der Waals surface area contributed by atoms with E-state index in [-0.39, 0.29) is 17.9 Å². The van der Waals surface area contributed by atoms with Crippen molar-refractivity contribution in [1.29, 1.82) is 0 Å². The number of carboxylic acids is 1. The van der Waals surface area contributed by atoms with Gasteiger partial charge in [0.05, 0.1) is 10.0 Å². The first kappa shape index (κ1) is 14.9. The third kappa shape index (κ3) is 3.32. The van der Waals surface area contributed by atoms with E-state index in [1.807, 2.05) is 12.1 Å². The normalized spacial score (nSPS) is 10.3. The minimum Gasteiger partial charge on any atom is -0.488 e. The van der Waals surface area contributed by atoms with E-state index in [2.05, 4.69) is 31.9 Å². The monoisotopic (exact) mass is 399 g/mol. The van der Waals surface area contributed by atoms with Gasteiger partial charge in [0.2, 0.25) is 0 Å². The van der Waals surface area contributed by atoms with E-state index in [1.165, 1.54) is 0 Å². The van der Waals surface area contributed by atoms with Crippen molar-refractivity contribution in [2.75, 3.05) is 5.73 Å². The van der Waals surface area contributed by atoms with Gasteiger partial charge in [0.25, 0.3) is 0 Å². The summed E-state index contributed by atoms with van der Waals surface area (Å²) in [6, 6.07) is 10.4. The van der Waals surface area contributed by atoms with Crippen LogP contribution < -0.4 is 10.5 Å². The molecule has 0 unspecified atom stereocenters. The Balaban J connectivity index is 2.23. The number of aromatic carboxylic acids is 1. The third-order valence-electron chi connectivity index (χ3n) is 2.67. The highest BCUT2D eigenvalue weighted by Crippen LogP contribution is 2.29. The van der Waals surface area contributed by atoms with Crippen LogP contribution in [0.25, 0.3) is 0 Å². The summed E-state index contributed by atoms with van der Waals surface area (Å²) < 4.78 is 7.34. The summed E-state index contributed by atoms with van der Waals surface area (Å²) in [4.78, 5) is 11.2. The summed E-state index contributed by atoms with van der Waals surface area (Å²) in [6.45, 7) is 0.132.